The zero-order valence-corrected chi connectivity index (χ0v) is 47.8. The Kier molecular flexibility index (Phi) is 25.8. The largest absolute Gasteiger partial charge is 0.427 e. The third-order valence-corrected chi connectivity index (χ3v) is 14.0. The van der Waals surface area contributed by atoms with Crippen molar-refractivity contribution in [2.45, 2.75) is 175 Å². The second kappa shape index (κ2) is 34.3. The summed E-state index contributed by atoms with van der Waals surface area (Å²) in [6.45, 7) is 6.63. The summed E-state index contributed by atoms with van der Waals surface area (Å²) in [5.74, 6) is 2.31. The van der Waals surface area contributed by atoms with Crippen LogP contribution in [0.1, 0.15) is 175 Å². The average Bonchev–Trinajstić information content (AvgIpc) is 3.48. The zero-order valence-electron chi connectivity index (χ0n) is 47.8. The molecule has 0 bridgehead atoms. The van der Waals surface area contributed by atoms with Gasteiger partial charge in [0.15, 0.2) is 0 Å². The Bertz CT molecular complexity index is 2610. The molecule has 0 amide bonds. The second-order valence-electron chi connectivity index (χ2n) is 20.7. The molecular formula is C69H81N3O9. The molecule has 0 saturated carbocycles. The maximum Gasteiger partial charge on any atom is 0.331 e. The monoisotopic (exact) mass is 1100 g/mol. The van der Waals surface area contributed by atoms with Crippen LogP contribution in [0.2, 0.25) is 0 Å². The lowest BCUT2D eigenvalue weighted by Gasteiger charge is -2.11. The van der Waals surface area contributed by atoms with Gasteiger partial charge in [0, 0.05) is 19.3 Å². The second-order valence-corrected chi connectivity index (χ2v) is 20.7. The number of esters is 3. The summed E-state index contributed by atoms with van der Waals surface area (Å²) in [5.41, 5.74) is 5.62. The molecule has 6 aromatic carbocycles. The van der Waals surface area contributed by atoms with Gasteiger partial charge in [-0.2, -0.15) is 0 Å². The van der Waals surface area contributed by atoms with Crippen molar-refractivity contribution in [3.8, 4) is 85.9 Å². The van der Waals surface area contributed by atoms with Crippen LogP contribution in [0.25, 0.3) is 33.4 Å². The molecule has 0 N–H and O–H groups in total. The molecule has 12 nitrogen and oxygen atoms in total. The molecule has 7 rings (SSSR count). The standard InChI is InChI=1S/C69H81N3O9/c1-4-7-10-13-16-19-22-25-64(73)76-58-40-28-52(29-41-58)55-34-46-61(47-35-55)79-67-70-68(80-62-48-36-56(37-49-62)53-30-42-59(43-31-53)77-65(74)26-23-20-17-14-11-8-5-2)72-69(71-67)81-63-50-38-57(39-51-63)54-32-44-60(45-33-54)78-66(75)27-24-21-18-15-12-9-6-3/h28-51H,4-27H2,1-3H3. The number of carbonyl (C=O) groups is 3. The molecule has 0 saturated heterocycles. The van der Waals surface area contributed by atoms with Gasteiger partial charge in [-0.15, -0.1) is 15.0 Å². The van der Waals surface area contributed by atoms with E-state index in [9.17, 15) is 14.4 Å². The Morgan fingerprint density at radius 3 is 0.654 bits per heavy atom. The minimum Gasteiger partial charge on any atom is -0.427 e. The van der Waals surface area contributed by atoms with E-state index < -0.39 is 0 Å². The minimum atomic E-state index is -0.213. The molecule has 7 aromatic rings. The van der Waals surface area contributed by atoms with Crippen molar-refractivity contribution in [2.75, 3.05) is 0 Å². The molecule has 1 heterocycles. The highest BCUT2D eigenvalue weighted by atomic mass is 16.5. The van der Waals surface area contributed by atoms with Crippen molar-refractivity contribution in [3.05, 3.63) is 146 Å². The van der Waals surface area contributed by atoms with Gasteiger partial charge in [-0.25, -0.2) is 0 Å². The number of ether oxygens (including phenoxy) is 6. The first-order valence-corrected chi connectivity index (χ1v) is 29.8. The van der Waals surface area contributed by atoms with Crippen LogP contribution in [0.3, 0.4) is 0 Å². The van der Waals surface area contributed by atoms with Crippen molar-refractivity contribution in [3.63, 3.8) is 0 Å². The molecule has 1 aromatic heterocycles. The zero-order chi connectivity index (χ0) is 56.7. The van der Waals surface area contributed by atoms with Crippen LogP contribution in [0.4, 0.5) is 0 Å². The molecule has 0 spiro atoms. The number of benzene rings is 6. The lowest BCUT2D eigenvalue weighted by Crippen LogP contribution is -2.07. The molecule has 0 aliphatic heterocycles. The van der Waals surface area contributed by atoms with Crippen LogP contribution in [0, 0.1) is 0 Å². The van der Waals surface area contributed by atoms with E-state index in [4.69, 9.17) is 28.4 Å². The Labute approximate surface area is 480 Å². The molecule has 12 heteroatoms. The van der Waals surface area contributed by atoms with E-state index in [1.165, 1.54) is 77.0 Å². The highest BCUT2D eigenvalue weighted by Gasteiger charge is 2.15. The lowest BCUT2D eigenvalue weighted by molar-refractivity contribution is -0.135. The van der Waals surface area contributed by atoms with Gasteiger partial charge in [0.05, 0.1) is 0 Å². The first-order valence-electron chi connectivity index (χ1n) is 29.8. The van der Waals surface area contributed by atoms with Crippen LogP contribution in [0.15, 0.2) is 146 Å². The highest BCUT2D eigenvalue weighted by molar-refractivity contribution is 5.75. The quantitative estimate of drug-likeness (QED) is 0.0209. The van der Waals surface area contributed by atoms with E-state index in [2.05, 4.69) is 35.7 Å². The normalized spacial score (nSPS) is 11.0. The molecule has 0 fully saturated rings. The fourth-order valence-corrected chi connectivity index (χ4v) is 9.29. The van der Waals surface area contributed by atoms with E-state index >= 15 is 0 Å². The van der Waals surface area contributed by atoms with Crippen LogP contribution in [-0.4, -0.2) is 32.9 Å². The molecule has 0 unspecified atom stereocenters. The summed E-state index contributed by atoms with van der Waals surface area (Å²) in [6.07, 6.45) is 25.2. The number of aromatic nitrogens is 3. The first kappa shape index (κ1) is 60.8. The predicted octanol–water partition coefficient (Wildman–Crippen LogP) is 19.4. The number of carbonyl (C=O) groups excluding carboxylic acids is 3. The molecule has 81 heavy (non-hydrogen) atoms. The number of nitrogens with zero attached hydrogens (tertiary/aromatic N) is 3. The summed E-state index contributed by atoms with van der Waals surface area (Å²) < 4.78 is 35.5. The van der Waals surface area contributed by atoms with Gasteiger partial charge < -0.3 is 28.4 Å². The summed E-state index contributed by atoms with van der Waals surface area (Å²) in [4.78, 5) is 51.1. The van der Waals surface area contributed by atoms with Crippen molar-refractivity contribution < 1.29 is 42.8 Å². The van der Waals surface area contributed by atoms with Gasteiger partial charge in [0.2, 0.25) is 0 Å². The topological polar surface area (TPSA) is 145 Å². The van der Waals surface area contributed by atoms with E-state index in [-0.39, 0.29) is 35.9 Å². The maximum atomic E-state index is 12.5. The molecular weight excluding hydrogens is 1010 g/mol. The molecule has 0 aliphatic carbocycles. The van der Waals surface area contributed by atoms with E-state index in [0.717, 1.165) is 91.2 Å². The lowest BCUT2D eigenvalue weighted by atomic mass is 10.1. The average molecular weight is 1100 g/mol. The van der Waals surface area contributed by atoms with Gasteiger partial charge in [-0.1, -0.05) is 209 Å². The molecule has 0 radical (unpaired) electrons. The number of hydrogen-bond donors (Lipinski definition) is 0. The smallest absolute Gasteiger partial charge is 0.331 e. The first-order chi connectivity index (χ1) is 39.7. The van der Waals surface area contributed by atoms with Crippen molar-refractivity contribution in [2.24, 2.45) is 0 Å². The Balaban J connectivity index is 0.980. The third kappa shape index (κ3) is 22.0. The molecule has 0 aliphatic rings. The van der Waals surface area contributed by atoms with Gasteiger partial charge in [-0.3, -0.25) is 14.4 Å². The predicted molar refractivity (Wildman–Crippen MR) is 320 cm³/mol. The van der Waals surface area contributed by atoms with Crippen molar-refractivity contribution in [1.29, 1.82) is 0 Å². The molecule has 426 valence electrons. The summed E-state index contributed by atoms with van der Waals surface area (Å²) >= 11 is 0. The highest BCUT2D eigenvalue weighted by Crippen LogP contribution is 2.33. The summed E-state index contributed by atoms with van der Waals surface area (Å²) in [7, 11) is 0. The fourth-order valence-electron chi connectivity index (χ4n) is 9.29. The van der Waals surface area contributed by atoms with E-state index in [1.54, 1.807) is 0 Å². The Morgan fingerprint density at radius 2 is 0.444 bits per heavy atom. The fraction of sp³-hybridized carbons (Fsp3) is 0.391. The van der Waals surface area contributed by atoms with Gasteiger partial charge in [0.25, 0.3) is 0 Å². The van der Waals surface area contributed by atoms with Gasteiger partial charge in [0.1, 0.15) is 34.5 Å². The van der Waals surface area contributed by atoms with E-state index in [0.29, 0.717) is 53.8 Å². The van der Waals surface area contributed by atoms with Crippen LogP contribution >= 0.6 is 0 Å². The van der Waals surface area contributed by atoms with Crippen LogP contribution < -0.4 is 28.4 Å². The number of hydrogen-bond acceptors (Lipinski definition) is 12. The number of unbranched alkanes of at least 4 members (excludes halogenated alkanes) is 18. The maximum absolute atomic E-state index is 12.5. The van der Waals surface area contributed by atoms with Crippen molar-refractivity contribution in [1.82, 2.24) is 15.0 Å². The van der Waals surface area contributed by atoms with Crippen LogP contribution in [-0.2, 0) is 14.4 Å². The van der Waals surface area contributed by atoms with E-state index in [1.807, 2.05) is 146 Å². The van der Waals surface area contributed by atoms with Crippen molar-refractivity contribution >= 4 is 17.9 Å². The number of rotatable bonds is 36. The SMILES string of the molecule is CCCCCCCCCC(=O)Oc1ccc(-c2ccc(Oc3nc(Oc4ccc(-c5ccc(OC(=O)CCCCCCCCC)cc5)cc4)nc(Oc4ccc(-c5ccc(OC(=O)CCCCCCCCC)cc5)cc4)n3)cc2)cc1. The Morgan fingerprint density at radius 1 is 0.259 bits per heavy atom. The molecule has 0 atom stereocenters. The third-order valence-electron chi connectivity index (χ3n) is 14.0. The van der Waals surface area contributed by atoms with Gasteiger partial charge >= 0.3 is 35.9 Å². The summed E-state index contributed by atoms with van der Waals surface area (Å²) in [6, 6.07) is 44.7. The minimum absolute atomic E-state index is 0.0509. The Hall–Kier alpha value is -7.86. The summed E-state index contributed by atoms with van der Waals surface area (Å²) in [5, 5.41) is 0. The van der Waals surface area contributed by atoms with Gasteiger partial charge in [-0.05, 0) is 125 Å². The van der Waals surface area contributed by atoms with Crippen LogP contribution in [0.5, 0.6) is 52.5 Å².